The zero-order chi connectivity index (χ0) is 19.7. The molecule has 0 atom stereocenters. The molecule has 0 unspecified atom stereocenters. The second-order valence-electron chi connectivity index (χ2n) is 7.47. The van der Waals surface area contributed by atoms with Crippen molar-refractivity contribution in [3.05, 3.63) is 36.2 Å². The predicted molar refractivity (Wildman–Crippen MR) is 127 cm³/mol. The molecule has 2 aromatic rings. The number of halogens is 1. The first-order valence-corrected chi connectivity index (χ1v) is 10.2. The molecule has 0 radical (unpaired) electrons. The molecule has 1 heterocycles. The van der Waals surface area contributed by atoms with E-state index in [0.29, 0.717) is 12.0 Å². The molecule has 1 fully saturated rings. The topological polar surface area (TPSA) is 87.2 Å². The molecule has 7 nitrogen and oxygen atoms in total. The van der Waals surface area contributed by atoms with Gasteiger partial charge in [0.15, 0.2) is 11.8 Å². The van der Waals surface area contributed by atoms with E-state index in [-0.39, 0.29) is 24.0 Å². The Labute approximate surface area is 190 Å². The monoisotopic (exact) mass is 512 g/mol. The Morgan fingerprint density at radius 1 is 1.28 bits per heavy atom. The third kappa shape index (κ3) is 6.95. The summed E-state index contributed by atoms with van der Waals surface area (Å²) in [6.45, 7) is 5.34. The van der Waals surface area contributed by atoms with Crippen LogP contribution in [0.3, 0.4) is 0 Å². The van der Waals surface area contributed by atoms with Crippen molar-refractivity contribution in [3.63, 3.8) is 0 Å². The number of rotatable bonds is 9. The number of hydrogen-bond donors (Lipinski definition) is 3. The summed E-state index contributed by atoms with van der Waals surface area (Å²) in [7, 11) is 1.82. The van der Waals surface area contributed by atoms with Gasteiger partial charge in [-0.1, -0.05) is 31.0 Å². The second kappa shape index (κ2) is 12.1. The third-order valence-corrected chi connectivity index (χ3v) is 5.57. The van der Waals surface area contributed by atoms with E-state index in [9.17, 15) is 0 Å². The van der Waals surface area contributed by atoms with Crippen molar-refractivity contribution in [2.45, 2.75) is 45.6 Å². The fourth-order valence-electron chi connectivity index (χ4n) is 3.92. The number of benzene rings is 1. The molecule has 0 aliphatic heterocycles. The average Bonchev–Trinajstić information content (AvgIpc) is 3.41. The van der Waals surface area contributed by atoms with Crippen molar-refractivity contribution >= 4 is 29.9 Å². The summed E-state index contributed by atoms with van der Waals surface area (Å²) in [6, 6.07) is 8.27. The van der Waals surface area contributed by atoms with E-state index >= 15 is 0 Å². The highest BCUT2D eigenvalue weighted by molar-refractivity contribution is 14.0. The first-order valence-electron chi connectivity index (χ1n) is 10.2. The Morgan fingerprint density at radius 2 is 2.10 bits per heavy atom. The number of H-pyrrole nitrogens is 1. The summed E-state index contributed by atoms with van der Waals surface area (Å²) >= 11 is 0. The fraction of sp³-hybridized carbons (Fsp3) is 0.571. The SMILES string of the molecule is CCOCCC1(CNC(=NC)NCc2cccc(-c3ncn[nH]3)c2)CCCC1.I. The second-order valence-corrected chi connectivity index (χ2v) is 7.47. The minimum atomic E-state index is 0. The van der Waals surface area contributed by atoms with Crippen LogP contribution in [-0.4, -0.2) is 47.9 Å². The Hall–Kier alpha value is -1.68. The normalized spacial score (nSPS) is 15.7. The van der Waals surface area contributed by atoms with Crippen LogP contribution in [0.5, 0.6) is 0 Å². The van der Waals surface area contributed by atoms with Gasteiger partial charge in [-0.05, 0) is 43.2 Å². The van der Waals surface area contributed by atoms with Crippen molar-refractivity contribution in [3.8, 4) is 11.4 Å². The average molecular weight is 512 g/mol. The fourth-order valence-corrected chi connectivity index (χ4v) is 3.92. The van der Waals surface area contributed by atoms with Crippen LogP contribution in [-0.2, 0) is 11.3 Å². The standard InChI is InChI=1S/C21H32N6O.HI/c1-3-28-12-11-21(9-4-5-10-21)15-24-20(22-2)23-14-17-7-6-8-18(13-17)19-25-16-26-27-19;/h6-8,13,16H,3-5,9-12,14-15H2,1-2H3,(H2,22,23,24)(H,25,26,27);1H. The highest BCUT2D eigenvalue weighted by Gasteiger charge is 2.33. The minimum absolute atomic E-state index is 0. The molecule has 0 spiro atoms. The van der Waals surface area contributed by atoms with Crippen molar-refractivity contribution in [2.24, 2.45) is 10.4 Å². The van der Waals surface area contributed by atoms with Crippen LogP contribution in [0.2, 0.25) is 0 Å². The summed E-state index contributed by atoms with van der Waals surface area (Å²) in [5, 5.41) is 13.8. The molecule has 0 saturated heterocycles. The van der Waals surface area contributed by atoms with Gasteiger partial charge in [0.05, 0.1) is 0 Å². The van der Waals surface area contributed by atoms with E-state index in [1.807, 2.05) is 19.2 Å². The first-order chi connectivity index (χ1) is 13.7. The number of guanidine groups is 1. The van der Waals surface area contributed by atoms with Gasteiger partial charge in [0, 0.05) is 38.9 Å². The first kappa shape index (κ1) is 23.6. The smallest absolute Gasteiger partial charge is 0.191 e. The quantitative estimate of drug-likeness (QED) is 0.206. The van der Waals surface area contributed by atoms with Crippen molar-refractivity contribution in [2.75, 3.05) is 26.8 Å². The molecule has 1 aliphatic rings. The van der Waals surface area contributed by atoms with Gasteiger partial charge in [-0.2, -0.15) is 5.10 Å². The lowest BCUT2D eigenvalue weighted by Gasteiger charge is -2.30. The van der Waals surface area contributed by atoms with Crippen molar-refractivity contribution in [1.82, 2.24) is 25.8 Å². The van der Waals surface area contributed by atoms with Crippen LogP contribution in [0.25, 0.3) is 11.4 Å². The van der Waals surface area contributed by atoms with E-state index < -0.39 is 0 Å². The van der Waals surface area contributed by atoms with E-state index in [0.717, 1.165) is 43.5 Å². The molecule has 1 aromatic carbocycles. The molecule has 3 rings (SSSR count). The minimum Gasteiger partial charge on any atom is -0.382 e. The van der Waals surface area contributed by atoms with E-state index in [4.69, 9.17) is 4.74 Å². The number of aliphatic imine (C=N–C) groups is 1. The maximum Gasteiger partial charge on any atom is 0.191 e. The van der Waals surface area contributed by atoms with E-state index in [2.05, 4.69) is 49.9 Å². The largest absolute Gasteiger partial charge is 0.382 e. The molecule has 8 heteroatoms. The summed E-state index contributed by atoms with van der Waals surface area (Å²) in [6.07, 6.45) is 7.80. The molecule has 1 saturated carbocycles. The number of nitrogens with zero attached hydrogens (tertiary/aromatic N) is 3. The Balaban J connectivity index is 0.00000300. The molecule has 3 N–H and O–H groups in total. The molecule has 0 bridgehead atoms. The van der Waals surface area contributed by atoms with Gasteiger partial charge in [0.25, 0.3) is 0 Å². The summed E-state index contributed by atoms with van der Waals surface area (Å²) < 4.78 is 5.62. The number of ether oxygens (including phenoxy) is 1. The van der Waals surface area contributed by atoms with Crippen molar-refractivity contribution in [1.29, 1.82) is 0 Å². The van der Waals surface area contributed by atoms with Gasteiger partial charge in [-0.15, -0.1) is 24.0 Å². The number of nitrogens with one attached hydrogen (secondary N) is 3. The highest BCUT2D eigenvalue weighted by Crippen LogP contribution is 2.40. The van der Waals surface area contributed by atoms with Crippen molar-refractivity contribution < 1.29 is 4.74 Å². The van der Waals surface area contributed by atoms with Gasteiger partial charge in [-0.25, -0.2) is 4.98 Å². The van der Waals surface area contributed by atoms with Gasteiger partial charge >= 0.3 is 0 Å². The van der Waals surface area contributed by atoms with Gasteiger partial charge in [0.2, 0.25) is 0 Å². The number of hydrogen-bond acceptors (Lipinski definition) is 4. The Morgan fingerprint density at radius 3 is 2.79 bits per heavy atom. The zero-order valence-electron chi connectivity index (χ0n) is 17.4. The van der Waals surface area contributed by atoms with Crippen LogP contribution in [0, 0.1) is 5.41 Å². The number of aromatic nitrogens is 3. The lowest BCUT2D eigenvalue weighted by Crippen LogP contribution is -2.43. The van der Waals surface area contributed by atoms with E-state index in [1.165, 1.54) is 37.6 Å². The van der Waals surface area contributed by atoms with E-state index in [1.54, 1.807) is 0 Å². The van der Waals surface area contributed by atoms with Gasteiger partial charge in [-0.3, -0.25) is 10.1 Å². The van der Waals surface area contributed by atoms with Crippen LogP contribution in [0.1, 0.15) is 44.6 Å². The molecule has 1 aromatic heterocycles. The number of aromatic amines is 1. The molecule has 1 aliphatic carbocycles. The molecular weight excluding hydrogens is 479 g/mol. The third-order valence-electron chi connectivity index (χ3n) is 5.57. The van der Waals surface area contributed by atoms with Gasteiger partial charge in [0.1, 0.15) is 6.33 Å². The maximum absolute atomic E-state index is 5.62. The molecule has 160 valence electrons. The van der Waals surface area contributed by atoms with Crippen LogP contribution in [0.4, 0.5) is 0 Å². The molecule has 29 heavy (non-hydrogen) atoms. The maximum atomic E-state index is 5.62. The zero-order valence-corrected chi connectivity index (χ0v) is 19.7. The lowest BCUT2D eigenvalue weighted by atomic mass is 9.83. The van der Waals surface area contributed by atoms with Crippen LogP contribution >= 0.6 is 24.0 Å². The summed E-state index contributed by atoms with van der Waals surface area (Å²) in [5.74, 6) is 1.62. The molecule has 0 amide bonds. The Bertz CT molecular complexity index is 743. The highest BCUT2D eigenvalue weighted by atomic mass is 127. The van der Waals surface area contributed by atoms with Gasteiger partial charge < -0.3 is 15.4 Å². The summed E-state index contributed by atoms with van der Waals surface area (Å²) in [5.41, 5.74) is 2.53. The summed E-state index contributed by atoms with van der Waals surface area (Å²) in [4.78, 5) is 8.62. The van der Waals surface area contributed by atoms with Crippen LogP contribution in [0.15, 0.2) is 35.6 Å². The predicted octanol–water partition coefficient (Wildman–Crippen LogP) is 3.74. The lowest BCUT2D eigenvalue weighted by molar-refractivity contribution is 0.105. The Kier molecular flexibility index (Phi) is 9.86. The molecular formula is C21H33IN6O. The van der Waals surface area contributed by atoms with Crippen LogP contribution < -0.4 is 10.6 Å².